The predicted molar refractivity (Wildman–Crippen MR) is 80.5 cm³/mol. The average molecular weight is 295 g/mol. The van der Waals surface area contributed by atoms with Gasteiger partial charge in [-0.05, 0) is 19.3 Å². The van der Waals surface area contributed by atoms with Crippen molar-refractivity contribution in [1.29, 1.82) is 0 Å². The molecule has 0 saturated carbocycles. The molecule has 1 rings (SSSR count). The van der Waals surface area contributed by atoms with Crippen molar-refractivity contribution in [3.05, 3.63) is 23.2 Å². The molecule has 0 aromatic heterocycles. The van der Waals surface area contributed by atoms with Crippen LogP contribution in [0.2, 0.25) is 0 Å². The summed E-state index contributed by atoms with van der Waals surface area (Å²) >= 11 is 0. The molecule has 0 bridgehead atoms. The highest BCUT2D eigenvalue weighted by Crippen LogP contribution is 2.27. The molecule has 1 N–H and O–H groups in total. The summed E-state index contributed by atoms with van der Waals surface area (Å²) in [6, 6.07) is 0. The lowest BCUT2D eigenvalue weighted by Gasteiger charge is -2.30. The number of carbonyl (C=O) groups is 1. The molecule has 1 aliphatic heterocycles. The van der Waals surface area contributed by atoms with E-state index in [-0.39, 0.29) is 11.5 Å². The Bertz CT molecular complexity index is 396. The number of aliphatic hydroxyl groups is 1. The fraction of sp³-hybridized carbons (Fsp3) is 0.706. The summed E-state index contributed by atoms with van der Waals surface area (Å²) in [5, 5.41) is 22.2. The highest BCUT2D eigenvalue weighted by atomic mass is 16.5. The Balaban J connectivity index is 2.74. The Morgan fingerprint density at radius 3 is 2.52 bits per heavy atom. The molecule has 0 fully saturated rings. The van der Waals surface area contributed by atoms with Crippen LogP contribution in [0, 0.1) is 0 Å². The lowest BCUT2D eigenvalue weighted by atomic mass is 9.96. The summed E-state index contributed by atoms with van der Waals surface area (Å²) in [6.07, 6.45) is 8.55. The average Bonchev–Trinajstić information content (AvgIpc) is 2.43. The van der Waals surface area contributed by atoms with Crippen LogP contribution in [0.5, 0.6) is 0 Å². The Morgan fingerprint density at radius 1 is 1.19 bits per heavy atom. The van der Waals surface area contributed by atoms with Crippen LogP contribution < -0.4 is 5.11 Å². The fourth-order valence-electron chi connectivity index (χ4n) is 2.54. The van der Waals surface area contributed by atoms with E-state index in [4.69, 9.17) is 4.74 Å². The molecule has 0 aromatic rings. The minimum absolute atomic E-state index is 0.0951. The van der Waals surface area contributed by atoms with E-state index >= 15 is 0 Å². The first-order valence-electron chi connectivity index (χ1n) is 8.11. The van der Waals surface area contributed by atoms with Crippen molar-refractivity contribution in [3.8, 4) is 0 Å². The maximum Gasteiger partial charge on any atom is 0.330 e. The van der Waals surface area contributed by atoms with E-state index in [1.54, 1.807) is 0 Å². The summed E-state index contributed by atoms with van der Waals surface area (Å²) in [4.78, 5) is 11.4. The lowest BCUT2D eigenvalue weighted by Crippen LogP contribution is -2.31. The van der Waals surface area contributed by atoms with E-state index in [1.165, 1.54) is 0 Å². The number of hydrogen-bond donors (Lipinski definition) is 1. The maximum absolute atomic E-state index is 12.0. The number of unbranched alkanes of at least 4 members (excludes halogenated alkanes) is 5. The largest absolute Gasteiger partial charge is 0.872 e. The number of hydrogen-bond acceptors (Lipinski definition) is 4. The van der Waals surface area contributed by atoms with Gasteiger partial charge in [0, 0.05) is 18.1 Å². The normalized spacial score (nSPS) is 21.0. The highest BCUT2D eigenvalue weighted by Gasteiger charge is 2.25. The Kier molecular flexibility index (Phi) is 7.95. The van der Waals surface area contributed by atoms with Crippen molar-refractivity contribution in [2.45, 2.75) is 77.7 Å². The number of aliphatic hydroxyl groups excluding tert-OH is 1. The molecular formula is C17H27O4-. The van der Waals surface area contributed by atoms with Crippen molar-refractivity contribution in [2.75, 3.05) is 0 Å². The molecule has 4 nitrogen and oxygen atoms in total. The Morgan fingerprint density at radius 2 is 1.86 bits per heavy atom. The lowest BCUT2D eigenvalue weighted by molar-refractivity contribution is -0.301. The summed E-state index contributed by atoms with van der Waals surface area (Å²) in [6.45, 7) is 4.21. The van der Waals surface area contributed by atoms with Gasteiger partial charge in [-0.15, -0.1) is 0 Å². The molecular weight excluding hydrogens is 268 g/mol. The first-order valence-corrected chi connectivity index (χ1v) is 8.11. The molecule has 0 spiro atoms. The van der Waals surface area contributed by atoms with Gasteiger partial charge in [0.2, 0.25) is 0 Å². The summed E-state index contributed by atoms with van der Waals surface area (Å²) in [5.74, 6) is -0.885. The third kappa shape index (κ3) is 5.82. The molecule has 0 saturated heterocycles. The number of allylic oxidation sites excluding steroid dienone is 1. The predicted octanol–water partition coefficient (Wildman–Crippen LogP) is 3.52. The van der Waals surface area contributed by atoms with Crippen LogP contribution in [-0.2, 0) is 9.53 Å². The van der Waals surface area contributed by atoms with Crippen LogP contribution in [0.4, 0.5) is 0 Å². The topological polar surface area (TPSA) is 69.6 Å². The van der Waals surface area contributed by atoms with Crippen molar-refractivity contribution < 1.29 is 19.7 Å². The standard InChI is InChI=1S/C17H28O4/c1-3-5-7-9-11-15-17(13(18)10-8-6-4-2)14(19)12-16(20)21-15/h12,15,18-19H,3-11H2,1-2H3/p-1/b17-13-. The molecule has 4 heteroatoms. The molecule has 1 heterocycles. The third-order valence-electron chi connectivity index (χ3n) is 3.74. The second kappa shape index (κ2) is 9.48. The van der Waals surface area contributed by atoms with E-state index in [2.05, 4.69) is 13.8 Å². The zero-order chi connectivity index (χ0) is 15.7. The van der Waals surface area contributed by atoms with E-state index in [0.29, 0.717) is 18.4 Å². The fourth-order valence-corrected chi connectivity index (χ4v) is 2.54. The summed E-state index contributed by atoms with van der Waals surface area (Å²) in [7, 11) is 0. The minimum Gasteiger partial charge on any atom is -0.872 e. The SMILES string of the molecule is CCCCCCC1OC(=O)C=C([O-])/C1=C(/O)CCCCC. The van der Waals surface area contributed by atoms with E-state index in [0.717, 1.165) is 51.0 Å². The first-order chi connectivity index (χ1) is 10.1. The number of rotatable bonds is 9. The molecule has 0 aromatic carbocycles. The van der Waals surface area contributed by atoms with Gasteiger partial charge in [0.1, 0.15) is 6.10 Å². The van der Waals surface area contributed by atoms with Crippen LogP contribution in [0.25, 0.3) is 0 Å². The molecule has 1 atom stereocenters. The molecule has 0 amide bonds. The zero-order valence-corrected chi connectivity index (χ0v) is 13.2. The molecule has 1 aliphatic rings. The van der Waals surface area contributed by atoms with Gasteiger partial charge in [0.05, 0.1) is 5.76 Å². The number of esters is 1. The van der Waals surface area contributed by atoms with Gasteiger partial charge in [0.25, 0.3) is 0 Å². The molecule has 120 valence electrons. The van der Waals surface area contributed by atoms with E-state index in [9.17, 15) is 15.0 Å². The van der Waals surface area contributed by atoms with Gasteiger partial charge >= 0.3 is 5.97 Å². The van der Waals surface area contributed by atoms with Crippen LogP contribution >= 0.6 is 0 Å². The van der Waals surface area contributed by atoms with Gasteiger partial charge in [-0.2, -0.15) is 0 Å². The monoisotopic (exact) mass is 295 g/mol. The third-order valence-corrected chi connectivity index (χ3v) is 3.74. The van der Waals surface area contributed by atoms with Crippen molar-refractivity contribution >= 4 is 5.97 Å². The van der Waals surface area contributed by atoms with Gasteiger partial charge in [0.15, 0.2) is 0 Å². The smallest absolute Gasteiger partial charge is 0.330 e. The van der Waals surface area contributed by atoms with Gasteiger partial charge in [-0.25, -0.2) is 4.79 Å². The highest BCUT2D eigenvalue weighted by molar-refractivity contribution is 5.85. The van der Waals surface area contributed by atoms with Crippen LogP contribution in [0.1, 0.15) is 71.6 Å². The molecule has 0 radical (unpaired) electrons. The molecule has 21 heavy (non-hydrogen) atoms. The Labute approximate surface area is 127 Å². The van der Waals surface area contributed by atoms with Crippen molar-refractivity contribution in [3.63, 3.8) is 0 Å². The first kappa shape index (κ1) is 17.6. The van der Waals surface area contributed by atoms with Crippen LogP contribution in [0.15, 0.2) is 23.2 Å². The quantitative estimate of drug-likeness (QED) is 0.401. The Hall–Kier alpha value is -1.45. The summed E-state index contributed by atoms with van der Waals surface area (Å²) in [5.41, 5.74) is 0.294. The second-order valence-corrected chi connectivity index (χ2v) is 5.60. The van der Waals surface area contributed by atoms with Gasteiger partial charge < -0.3 is 14.9 Å². The molecule has 0 aliphatic carbocycles. The van der Waals surface area contributed by atoms with Crippen LogP contribution in [0.3, 0.4) is 0 Å². The van der Waals surface area contributed by atoms with Crippen molar-refractivity contribution in [1.82, 2.24) is 0 Å². The van der Waals surface area contributed by atoms with E-state index < -0.39 is 12.1 Å². The zero-order valence-electron chi connectivity index (χ0n) is 13.2. The van der Waals surface area contributed by atoms with Gasteiger partial charge in [-0.1, -0.05) is 51.7 Å². The second-order valence-electron chi connectivity index (χ2n) is 5.60. The maximum atomic E-state index is 12.0. The number of carbonyl (C=O) groups excluding carboxylic acids is 1. The van der Waals surface area contributed by atoms with E-state index in [1.807, 2.05) is 0 Å². The van der Waals surface area contributed by atoms with Gasteiger partial charge in [-0.3, -0.25) is 0 Å². The summed E-state index contributed by atoms with van der Waals surface area (Å²) < 4.78 is 5.24. The number of ether oxygens (including phenoxy) is 1. The minimum atomic E-state index is -0.592. The number of cyclic esters (lactones) is 1. The van der Waals surface area contributed by atoms with Crippen molar-refractivity contribution in [2.24, 2.45) is 0 Å². The molecule has 1 unspecified atom stereocenters. The van der Waals surface area contributed by atoms with Crippen LogP contribution in [-0.4, -0.2) is 17.2 Å².